The van der Waals surface area contributed by atoms with Crippen LogP contribution in [0.5, 0.6) is 5.75 Å². The first-order chi connectivity index (χ1) is 20.4. The lowest BCUT2D eigenvalue weighted by Crippen LogP contribution is -2.18. The molecule has 3 heterocycles. The third kappa shape index (κ3) is 5.94. The summed E-state index contributed by atoms with van der Waals surface area (Å²) in [5.41, 5.74) is 6.21. The molecule has 0 saturated carbocycles. The van der Waals surface area contributed by atoms with Crippen molar-refractivity contribution in [3.8, 4) is 5.75 Å². The maximum absolute atomic E-state index is 13.2. The molecule has 0 saturated heterocycles. The lowest BCUT2D eigenvalue weighted by molar-refractivity contribution is -0.117. The van der Waals surface area contributed by atoms with Gasteiger partial charge in [0.25, 0.3) is 0 Å². The van der Waals surface area contributed by atoms with Crippen LogP contribution in [0.15, 0.2) is 60.9 Å². The average Bonchev–Trinajstić information content (AvgIpc) is 3.55. The van der Waals surface area contributed by atoms with Gasteiger partial charge < -0.3 is 34.4 Å². The highest BCUT2D eigenvalue weighted by Gasteiger charge is 2.26. The zero-order valence-corrected chi connectivity index (χ0v) is 24.2. The highest BCUT2D eigenvalue weighted by molar-refractivity contribution is 6.11. The third-order valence-corrected chi connectivity index (χ3v) is 7.31. The van der Waals surface area contributed by atoms with Gasteiger partial charge in [0.05, 0.1) is 44.8 Å². The Morgan fingerprint density at radius 3 is 2.64 bits per heavy atom. The number of rotatable bonds is 12. The Kier molecular flexibility index (Phi) is 8.73. The van der Waals surface area contributed by atoms with Gasteiger partial charge >= 0.3 is 5.97 Å². The number of hydrogen-bond acceptors (Lipinski definition) is 7. The van der Waals surface area contributed by atoms with Crippen LogP contribution >= 0.6 is 0 Å². The van der Waals surface area contributed by atoms with Gasteiger partial charge in [0.2, 0.25) is 5.91 Å². The molecule has 10 heteroatoms. The van der Waals surface area contributed by atoms with Crippen LogP contribution in [0.25, 0.3) is 21.9 Å². The summed E-state index contributed by atoms with van der Waals surface area (Å²) in [7, 11) is 4.52. The molecule has 0 atom stereocenters. The van der Waals surface area contributed by atoms with E-state index in [0.29, 0.717) is 36.2 Å². The van der Waals surface area contributed by atoms with Gasteiger partial charge in [-0.2, -0.15) is 0 Å². The van der Waals surface area contributed by atoms with Crippen LogP contribution in [0.1, 0.15) is 33.6 Å². The lowest BCUT2D eigenvalue weighted by Gasteiger charge is -2.11. The minimum absolute atomic E-state index is 0.140. The molecule has 3 N–H and O–H groups in total. The molecular formula is C32H35N5O5. The zero-order chi connectivity index (χ0) is 29.6. The molecular weight excluding hydrogens is 534 g/mol. The number of carbonyl (C=O) groups is 2. The minimum Gasteiger partial charge on any atom is -0.496 e. The van der Waals surface area contributed by atoms with Gasteiger partial charge in [-0.1, -0.05) is 30.3 Å². The van der Waals surface area contributed by atoms with E-state index in [-0.39, 0.29) is 24.6 Å². The molecule has 2 aromatic carbocycles. The van der Waals surface area contributed by atoms with E-state index >= 15 is 0 Å². The molecule has 5 aromatic rings. The molecule has 1 amide bonds. The molecule has 218 valence electrons. The van der Waals surface area contributed by atoms with Gasteiger partial charge in [-0.25, -0.2) is 9.78 Å². The predicted molar refractivity (Wildman–Crippen MR) is 163 cm³/mol. The Morgan fingerprint density at radius 2 is 1.88 bits per heavy atom. The summed E-state index contributed by atoms with van der Waals surface area (Å²) in [6, 6.07) is 16.0. The Hall–Kier alpha value is -4.83. The summed E-state index contributed by atoms with van der Waals surface area (Å²) in [5, 5.41) is 8.11. The summed E-state index contributed by atoms with van der Waals surface area (Å²) < 4.78 is 17.5. The molecule has 10 nitrogen and oxygen atoms in total. The topological polar surface area (TPSA) is 120 Å². The number of aryl methyl sites for hydroxylation is 3. The second-order valence-corrected chi connectivity index (χ2v) is 10.0. The summed E-state index contributed by atoms with van der Waals surface area (Å²) in [6.45, 7) is 3.26. The standard InChI is InChI=1S/C32H35N5O5/c1-20-15-21(9-10-27(20)41-3)17-33-23-16-25-29(36-28(38)12-14-40-2)30(32(39)42-4)37(31(25)35-19-23)13-11-22-18-34-26-8-6-5-7-24(22)26/h5-10,15-16,18-19,33-34H,11-14,17H2,1-4H3,(H,36,38). The number of aromatic nitrogens is 3. The lowest BCUT2D eigenvalue weighted by atomic mass is 10.1. The maximum Gasteiger partial charge on any atom is 0.356 e. The van der Waals surface area contributed by atoms with E-state index in [1.54, 1.807) is 13.3 Å². The Bertz CT molecular complexity index is 1740. The van der Waals surface area contributed by atoms with Crippen LogP contribution in [0.3, 0.4) is 0 Å². The van der Waals surface area contributed by atoms with Gasteiger partial charge in [-0.15, -0.1) is 0 Å². The zero-order valence-electron chi connectivity index (χ0n) is 24.2. The summed E-state index contributed by atoms with van der Waals surface area (Å²) in [6.07, 6.45) is 4.49. The fourth-order valence-corrected chi connectivity index (χ4v) is 5.20. The molecule has 0 aliphatic rings. The number of amides is 1. The van der Waals surface area contributed by atoms with Gasteiger partial charge in [0.1, 0.15) is 11.4 Å². The largest absolute Gasteiger partial charge is 0.496 e. The van der Waals surface area contributed by atoms with E-state index < -0.39 is 5.97 Å². The van der Waals surface area contributed by atoms with Crippen molar-refractivity contribution in [1.29, 1.82) is 0 Å². The fraction of sp³-hybridized carbons (Fsp3) is 0.281. The Balaban J connectivity index is 1.52. The van der Waals surface area contributed by atoms with Crippen LogP contribution < -0.4 is 15.4 Å². The SMILES string of the molecule is COCCC(=O)Nc1c(C(=O)OC)n(CCc2c[nH]c3ccccc23)c2ncc(NCc3ccc(OC)c(C)c3)cc12. The van der Waals surface area contributed by atoms with Crippen molar-refractivity contribution in [3.05, 3.63) is 83.3 Å². The number of carbonyl (C=O) groups excluding carboxylic acids is 2. The minimum atomic E-state index is -0.558. The Morgan fingerprint density at radius 1 is 1.05 bits per heavy atom. The monoisotopic (exact) mass is 569 g/mol. The average molecular weight is 570 g/mol. The first-order valence-electron chi connectivity index (χ1n) is 13.7. The molecule has 0 aliphatic heterocycles. The van der Waals surface area contributed by atoms with Crippen LogP contribution in [0.4, 0.5) is 11.4 Å². The highest BCUT2D eigenvalue weighted by Crippen LogP contribution is 2.34. The van der Waals surface area contributed by atoms with Gasteiger partial charge in [0.15, 0.2) is 5.69 Å². The summed E-state index contributed by atoms with van der Waals surface area (Å²) >= 11 is 0. The van der Waals surface area contributed by atoms with Gasteiger partial charge in [-0.3, -0.25) is 4.79 Å². The number of hydrogen-bond donors (Lipinski definition) is 3. The number of anilines is 2. The number of aromatic amines is 1. The number of H-pyrrole nitrogens is 1. The Labute approximate surface area is 244 Å². The van der Waals surface area contributed by atoms with E-state index in [4.69, 9.17) is 19.2 Å². The van der Waals surface area contributed by atoms with Crippen molar-refractivity contribution < 1.29 is 23.8 Å². The van der Waals surface area contributed by atoms with Crippen molar-refractivity contribution in [2.45, 2.75) is 32.9 Å². The van der Waals surface area contributed by atoms with Crippen LogP contribution in [-0.4, -0.2) is 54.3 Å². The number of methoxy groups -OCH3 is 3. The third-order valence-electron chi connectivity index (χ3n) is 7.31. The molecule has 5 rings (SSSR count). The molecule has 42 heavy (non-hydrogen) atoms. The van der Waals surface area contributed by atoms with E-state index in [0.717, 1.165) is 39.0 Å². The number of pyridine rings is 1. The van der Waals surface area contributed by atoms with E-state index in [2.05, 4.69) is 27.8 Å². The highest BCUT2D eigenvalue weighted by atomic mass is 16.5. The molecule has 0 bridgehead atoms. The first-order valence-corrected chi connectivity index (χ1v) is 13.7. The van der Waals surface area contributed by atoms with Crippen molar-refractivity contribution in [2.75, 3.05) is 38.6 Å². The summed E-state index contributed by atoms with van der Waals surface area (Å²) in [5.74, 6) is 0.00180. The number of fused-ring (bicyclic) bond motifs is 2. The van der Waals surface area contributed by atoms with Crippen molar-refractivity contribution >= 4 is 45.2 Å². The maximum atomic E-state index is 13.2. The number of benzene rings is 2. The van der Waals surface area contributed by atoms with Gasteiger partial charge in [0, 0.05) is 42.7 Å². The van der Waals surface area contributed by atoms with Crippen molar-refractivity contribution in [2.24, 2.45) is 0 Å². The number of ether oxygens (including phenoxy) is 3. The second-order valence-electron chi connectivity index (χ2n) is 10.0. The summed E-state index contributed by atoms with van der Waals surface area (Å²) in [4.78, 5) is 34.1. The quantitative estimate of drug-likeness (QED) is 0.171. The smallest absolute Gasteiger partial charge is 0.356 e. The first kappa shape index (κ1) is 28.7. The molecule has 0 unspecified atom stereocenters. The number of nitrogens with one attached hydrogen (secondary N) is 3. The fourth-order valence-electron chi connectivity index (χ4n) is 5.20. The van der Waals surface area contributed by atoms with Crippen molar-refractivity contribution in [1.82, 2.24) is 14.5 Å². The predicted octanol–water partition coefficient (Wildman–Crippen LogP) is 5.45. The molecule has 0 fully saturated rings. The molecule has 0 radical (unpaired) electrons. The molecule has 3 aromatic heterocycles. The van der Waals surface area contributed by atoms with E-state index in [9.17, 15) is 9.59 Å². The number of para-hydroxylation sites is 1. The van der Waals surface area contributed by atoms with E-state index in [1.165, 1.54) is 14.2 Å². The van der Waals surface area contributed by atoms with Crippen molar-refractivity contribution in [3.63, 3.8) is 0 Å². The number of nitrogens with zero attached hydrogens (tertiary/aromatic N) is 2. The van der Waals surface area contributed by atoms with Crippen LogP contribution in [0, 0.1) is 6.92 Å². The normalized spacial score (nSPS) is 11.1. The van der Waals surface area contributed by atoms with Gasteiger partial charge in [-0.05, 0) is 48.2 Å². The van der Waals surface area contributed by atoms with E-state index in [1.807, 2.05) is 54.1 Å². The van der Waals surface area contributed by atoms with Crippen LogP contribution in [-0.2, 0) is 33.8 Å². The molecule has 0 aliphatic carbocycles. The number of esters is 1. The second kappa shape index (κ2) is 12.8. The molecule has 0 spiro atoms. The van der Waals surface area contributed by atoms with Crippen LogP contribution in [0.2, 0.25) is 0 Å².